The van der Waals surface area contributed by atoms with Gasteiger partial charge in [0.1, 0.15) is 18.1 Å². The van der Waals surface area contributed by atoms with E-state index in [0.717, 1.165) is 30.3 Å². The summed E-state index contributed by atoms with van der Waals surface area (Å²) >= 11 is 0. The third-order valence-electron chi connectivity index (χ3n) is 3.53. The maximum absolute atomic E-state index is 5.70. The summed E-state index contributed by atoms with van der Waals surface area (Å²) in [5, 5.41) is 3.42. The summed E-state index contributed by atoms with van der Waals surface area (Å²) in [5.74, 6) is 2.31. The Bertz CT molecular complexity index is 611. The lowest BCUT2D eigenvalue weighted by Crippen LogP contribution is -2.07. The monoisotopic (exact) mass is 343 g/mol. The van der Waals surface area contributed by atoms with Gasteiger partial charge < -0.3 is 19.5 Å². The molecule has 2 aromatic rings. The van der Waals surface area contributed by atoms with Crippen LogP contribution in [0, 0.1) is 5.92 Å². The van der Waals surface area contributed by atoms with Crippen LogP contribution in [0.4, 0.5) is 5.69 Å². The highest BCUT2D eigenvalue weighted by molar-refractivity contribution is 5.47. The number of hydrogen-bond donors (Lipinski definition) is 1. The van der Waals surface area contributed by atoms with Crippen molar-refractivity contribution in [3.05, 3.63) is 54.1 Å². The fourth-order valence-corrected chi connectivity index (χ4v) is 2.24. The molecule has 0 aromatic heterocycles. The molecule has 136 valence electrons. The number of ether oxygens (including phenoxy) is 3. The van der Waals surface area contributed by atoms with Gasteiger partial charge in [0.2, 0.25) is 0 Å². The quantitative estimate of drug-likeness (QED) is 0.598. The van der Waals surface area contributed by atoms with Gasteiger partial charge >= 0.3 is 0 Å². The van der Waals surface area contributed by atoms with E-state index in [9.17, 15) is 0 Å². The predicted octanol–water partition coefficient (Wildman–Crippen LogP) is 4.75. The zero-order valence-corrected chi connectivity index (χ0v) is 15.5. The molecule has 0 aliphatic rings. The lowest BCUT2D eigenvalue weighted by Gasteiger charge is -2.11. The fraction of sp³-hybridized carbons (Fsp3) is 0.429. The molecule has 0 saturated heterocycles. The van der Waals surface area contributed by atoms with Crippen molar-refractivity contribution in [1.29, 1.82) is 0 Å². The molecule has 0 heterocycles. The van der Waals surface area contributed by atoms with Gasteiger partial charge in [0.15, 0.2) is 0 Å². The van der Waals surface area contributed by atoms with E-state index >= 15 is 0 Å². The summed E-state index contributed by atoms with van der Waals surface area (Å²) in [4.78, 5) is 0. The average molecular weight is 343 g/mol. The molecule has 0 unspecified atom stereocenters. The number of rotatable bonds is 11. The van der Waals surface area contributed by atoms with Crippen LogP contribution in [-0.2, 0) is 11.3 Å². The summed E-state index contributed by atoms with van der Waals surface area (Å²) in [6.45, 7) is 9.66. The number of anilines is 1. The third-order valence-corrected chi connectivity index (χ3v) is 3.53. The highest BCUT2D eigenvalue weighted by atomic mass is 16.5. The Morgan fingerprint density at radius 3 is 2.44 bits per heavy atom. The first-order valence-corrected chi connectivity index (χ1v) is 8.93. The molecule has 0 fully saturated rings. The Morgan fingerprint density at radius 1 is 0.920 bits per heavy atom. The van der Waals surface area contributed by atoms with Crippen LogP contribution in [-0.4, -0.2) is 26.4 Å². The van der Waals surface area contributed by atoms with Crippen LogP contribution in [0.5, 0.6) is 11.5 Å². The van der Waals surface area contributed by atoms with E-state index in [1.165, 1.54) is 5.56 Å². The molecule has 0 aliphatic carbocycles. The zero-order chi connectivity index (χ0) is 17.9. The topological polar surface area (TPSA) is 39.7 Å². The van der Waals surface area contributed by atoms with Crippen molar-refractivity contribution < 1.29 is 14.2 Å². The van der Waals surface area contributed by atoms with Crippen LogP contribution in [0.25, 0.3) is 0 Å². The van der Waals surface area contributed by atoms with Crippen molar-refractivity contribution in [3.63, 3.8) is 0 Å². The van der Waals surface area contributed by atoms with Gasteiger partial charge in [-0.2, -0.15) is 0 Å². The summed E-state index contributed by atoms with van der Waals surface area (Å²) < 4.78 is 16.7. The normalized spacial score (nSPS) is 10.7. The van der Waals surface area contributed by atoms with E-state index in [1.54, 1.807) is 0 Å². The fourth-order valence-electron chi connectivity index (χ4n) is 2.24. The van der Waals surface area contributed by atoms with Crippen LogP contribution >= 0.6 is 0 Å². The van der Waals surface area contributed by atoms with Crippen molar-refractivity contribution in [2.45, 2.75) is 27.3 Å². The minimum absolute atomic E-state index is 0.529. The second-order valence-electron chi connectivity index (χ2n) is 6.28. The Hall–Kier alpha value is -2.20. The van der Waals surface area contributed by atoms with E-state index in [0.29, 0.717) is 25.7 Å². The van der Waals surface area contributed by atoms with Gasteiger partial charge in [-0.05, 0) is 54.8 Å². The minimum atomic E-state index is 0.529. The molecule has 0 atom stereocenters. The standard InChI is InChI=1S/C21H29NO3/c1-4-23-12-13-24-21-7-5-6-18(14-21)15-22-19-8-10-20(11-9-19)25-16-17(2)3/h5-11,14,17,22H,4,12-13,15-16H2,1-3H3. The molecule has 0 bridgehead atoms. The SMILES string of the molecule is CCOCCOc1cccc(CNc2ccc(OCC(C)C)cc2)c1. The van der Waals surface area contributed by atoms with Gasteiger partial charge in [-0.1, -0.05) is 26.0 Å². The van der Waals surface area contributed by atoms with Crippen molar-refractivity contribution in [2.24, 2.45) is 5.92 Å². The summed E-state index contributed by atoms with van der Waals surface area (Å²) in [6.07, 6.45) is 0. The maximum atomic E-state index is 5.70. The number of nitrogens with one attached hydrogen (secondary N) is 1. The molecule has 2 aromatic carbocycles. The molecule has 0 spiro atoms. The average Bonchev–Trinajstić information content (AvgIpc) is 2.63. The molecule has 2 rings (SSSR count). The van der Waals surface area contributed by atoms with Gasteiger partial charge in [0, 0.05) is 18.8 Å². The Kier molecular flexibility index (Phi) is 8.13. The summed E-state index contributed by atoms with van der Waals surface area (Å²) in [5.41, 5.74) is 2.24. The van der Waals surface area contributed by atoms with Crippen molar-refractivity contribution in [2.75, 3.05) is 31.7 Å². The van der Waals surface area contributed by atoms with Gasteiger partial charge in [0.25, 0.3) is 0 Å². The number of hydrogen-bond acceptors (Lipinski definition) is 4. The van der Waals surface area contributed by atoms with Crippen molar-refractivity contribution in [1.82, 2.24) is 0 Å². The third kappa shape index (κ3) is 7.48. The van der Waals surface area contributed by atoms with Crippen LogP contribution in [0.2, 0.25) is 0 Å². The smallest absolute Gasteiger partial charge is 0.119 e. The Labute approximate surface area is 151 Å². The zero-order valence-electron chi connectivity index (χ0n) is 15.5. The molecular weight excluding hydrogens is 314 g/mol. The van der Waals surface area contributed by atoms with E-state index in [1.807, 2.05) is 43.3 Å². The highest BCUT2D eigenvalue weighted by Gasteiger charge is 2.00. The Balaban J connectivity index is 1.80. The second-order valence-corrected chi connectivity index (χ2v) is 6.28. The molecule has 4 heteroatoms. The van der Waals surface area contributed by atoms with Gasteiger partial charge in [0.05, 0.1) is 13.2 Å². The van der Waals surface area contributed by atoms with Crippen molar-refractivity contribution >= 4 is 5.69 Å². The molecule has 4 nitrogen and oxygen atoms in total. The minimum Gasteiger partial charge on any atom is -0.493 e. The molecule has 0 saturated carbocycles. The molecule has 0 radical (unpaired) electrons. The summed E-state index contributed by atoms with van der Waals surface area (Å²) in [7, 11) is 0. The highest BCUT2D eigenvalue weighted by Crippen LogP contribution is 2.18. The largest absolute Gasteiger partial charge is 0.493 e. The van der Waals surface area contributed by atoms with E-state index in [2.05, 4.69) is 31.3 Å². The molecular formula is C21H29NO3. The van der Waals surface area contributed by atoms with Crippen LogP contribution in [0.3, 0.4) is 0 Å². The van der Waals surface area contributed by atoms with E-state index in [4.69, 9.17) is 14.2 Å². The van der Waals surface area contributed by atoms with E-state index < -0.39 is 0 Å². The van der Waals surface area contributed by atoms with E-state index in [-0.39, 0.29) is 0 Å². The molecule has 0 amide bonds. The first kappa shape index (κ1) is 19.1. The lowest BCUT2D eigenvalue weighted by molar-refractivity contribution is 0.110. The summed E-state index contributed by atoms with van der Waals surface area (Å²) in [6, 6.07) is 16.2. The lowest BCUT2D eigenvalue weighted by atomic mass is 10.2. The Morgan fingerprint density at radius 2 is 1.72 bits per heavy atom. The van der Waals surface area contributed by atoms with Crippen LogP contribution in [0.15, 0.2) is 48.5 Å². The first-order valence-electron chi connectivity index (χ1n) is 8.93. The second kappa shape index (κ2) is 10.6. The predicted molar refractivity (Wildman–Crippen MR) is 103 cm³/mol. The molecule has 25 heavy (non-hydrogen) atoms. The molecule has 1 N–H and O–H groups in total. The van der Waals surface area contributed by atoms with Crippen molar-refractivity contribution in [3.8, 4) is 11.5 Å². The molecule has 0 aliphatic heterocycles. The van der Waals surface area contributed by atoms with Crippen LogP contribution in [0.1, 0.15) is 26.3 Å². The van der Waals surface area contributed by atoms with Gasteiger partial charge in [-0.15, -0.1) is 0 Å². The van der Waals surface area contributed by atoms with Gasteiger partial charge in [-0.25, -0.2) is 0 Å². The maximum Gasteiger partial charge on any atom is 0.119 e. The van der Waals surface area contributed by atoms with Gasteiger partial charge in [-0.3, -0.25) is 0 Å². The number of benzene rings is 2. The first-order chi connectivity index (χ1) is 12.2. The van der Waals surface area contributed by atoms with Crippen LogP contribution < -0.4 is 14.8 Å².